The van der Waals surface area contributed by atoms with E-state index in [1.165, 1.54) is 10.9 Å². The predicted octanol–water partition coefficient (Wildman–Crippen LogP) is 3.59. The lowest BCUT2D eigenvalue weighted by atomic mass is 10.1. The summed E-state index contributed by atoms with van der Waals surface area (Å²) in [6.07, 6.45) is 2.57. The molecule has 0 atom stereocenters. The zero-order chi connectivity index (χ0) is 16.9. The van der Waals surface area contributed by atoms with Gasteiger partial charge < -0.3 is 14.4 Å². The first-order valence-corrected chi connectivity index (χ1v) is 8.64. The molecule has 0 aliphatic rings. The summed E-state index contributed by atoms with van der Waals surface area (Å²) < 4.78 is 7.27. The summed E-state index contributed by atoms with van der Waals surface area (Å²) in [4.78, 5) is 13.5. The summed E-state index contributed by atoms with van der Waals surface area (Å²) in [5.41, 5.74) is 1.59. The van der Waals surface area contributed by atoms with Crippen LogP contribution in [0.4, 0.5) is 0 Å². The highest BCUT2D eigenvalue weighted by molar-refractivity contribution is 7.09. The number of nitrogens with zero attached hydrogens (tertiary/aromatic N) is 1. The first-order valence-electron chi connectivity index (χ1n) is 7.76. The molecule has 0 amide bonds. The first kappa shape index (κ1) is 16.3. The molecule has 5 heteroatoms. The maximum Gasteiger partial charge on any atom is 0.254 e. The number of ether oxygens (including phenoxy) is 1. The molecule has 0 aliphatic carbocycles. The fourth-order valence-corrected chi connectivity index (χ4v) is 3.15. The molecule has 0 unspecified atom stereocenters. The van der Waals surface area contributed by atoms with Crippen LogP contribution in [0.5, 0.6) is 11.5 Å². The second kappa shape index (κ2) is 7.36. The van der Waals surface area contributed by atoms with Gasteiger partial charge in [-0.3, -0.25) is 4.79 Å². The van der Waals surface area contributed by atoms with Gasteiger partial charge >= 0.3 is 0 Å². The Kier molecular flexibility index (Phi) is 5.01. The third-order valence-corrected chi connectivity index (χ3v) is 4.86. The molecule has 3 rings (SSSR count). The average Bonchev–Trinajstić information content (AvgIpc) is 3.07. The van der Waals surface area contributed by atoms with E-state index in [1.54, 1.807) is 40.3 Å². The van der Waals surface area contributed by atoms with Crippen molar-refractivity contribution in [3.8, 4) is 11.5 Å². The van der Waals surface area contributed by atoms with Crippen molar-refractivity contribution < 1.29 is 9.84 Å². The van der Waals surface area contributed by atoms with Crippen LogP contribution in [0.25, 0.3) is 0 Å². The van der Waals surface area contributed by atoms with Gasteiger partial charge in [0.25, 0.3) is 5.56 Å². The van der Waals surface area contributed by atoms with Gasteiger partial charge in [0.1, 0.15) is 11.5 Å². The van der Waals surface area contributed by atoms with Crippen molar-refractivity contribution in [1.82, 2.24) is 4.57 Å². The lowest BCUT2D eigenvalue weighted by Crippen LogP contribution is -2.19. The molecule has 2 aromatic heterocycles. The molecule has 24 heavy (non-hydrogen) atoms. The number of hydrogen-bond donors (Lipinski definition) is 1. The average molecular weight is 341 g/mol. The number of aromatic nitrogens is 1. The molecule has 0 aliphatic heterocycles. The quantitative estimate of drug-likeness (QED) is 0.745. The van der Waals surface area contributed by atoms with Crippen LogP contribution in [-0.2, 0) is 13.0 Å². The molecule has 4 nitrogen and oxygen atoms in total. The van der Waals surface area contributed by atoms with E-state index in [0.717, 1.165) is 17.5 Å². The SMILES string of the molecule is Cc1c(O)cccc1Cn1ccc(OCCc2cccs2)cc1=O. The highest BCUT2D eigenvalue weighted by atomic mass is 32.1. The van der Waals surface area contributed by atoms with Crippen molar-refractivity contribution >= 4 is 11.3 Å². The number of phenols is 1. The van der Waals surface area contributed by atoms with Gasteiger partial charge in [-0.1, -0.05) is 18.2 Å². The van der Waals surface area contributed by atoms with Gasteiger partial charge in [0, 0.05) is 23.6 Å². The Balaban J connectivity index is 1.66. The Hall–Kier alpha value is -2.53. The second-order valence-electron chi connectivity index (χ2n) is 5.57. The lowest BCUT2D eigenvalue weighted by molar-refractivity contribution is 0.321. The number of aromatic hydroxyl groups is 1. The van der Waals surface area contributed by atoms with Gasteiger partial charge in [0.05, 0.1) is 13.2 Å². The number of pyridine rings is 1. The first-order chi connectivity index (χ1) is 11.6. The summed E-state index contributed by atoms with van der Waals surface area (Å²) in [6, 6.07) is 12.7. The van der Waals surface area contributed by atoms with Crippen molar-refractivity contribution in [2.24, 2.45) is 0 Å². The van der Waals surface area contributed by atoms with Crippen molar-refractivity contribution in [1.29, 1.82) is 0 Å². The van der Waals surface area contributed by atoms with Crippen LogP contribution in [-0.4, -0.2) is 16.3 Å². The van der Waals surface area contributed by atoms with E-state index in [-0.39, 0.29) is 11.3 Å². The van der Waals surface area contributed by atoms with Crippen molar-refractivity contribution in [3.63, 3.8) is 0 Å². The van der Waals surface area contributed by atoms with E-state index in [0.29, 0.717) is 18.9 Å². The van der Waals surface area contributed by atoms with E-state index < -0.39 is 0 Å². The summed E-state index contributed by atoms with van der Waals surface area (Å²) in [6.45, 7) is 2.82. The topological polar surface area (TPSA) is 51.5 Å². The molecule has 1 aromatic carbocycles. The Morgan fingerprint density at radius 1 is 1.21 bits per heavy atom. The molecule has 0 saturated heterocycles. The molecule has 124 valence electrons. The van der Waals surface area contributed by atoms with Gasteiger partial charge in [-0.25, -0.2) is 0 Å². The summed E-state index contributed by atoms with van der Waals surface area (Å²) >= 11 is 1.70. The van der Waals surface area contributed by atoms with Gasteiger partial charge in [-0.15, -0.1) is 11.3 Å². The van der Waals surface area contributed by atoms with E-state index >= 15 is 0 Å². The normalized spacial score (nSPS) is 10.7. The van der Waals surface area contributed by atoms with E-state index in [4.69, 9.17) is 4.74 Å². The standard InChI is InChI=1S/C19H19NO3S/c1-14-15(4-2-6-18(14)21)13-20-9-7-16(12-19(20)22)23-10-8-17-5-3-11-24-17/h2-7,9,11-12,21H,8,10,13H2,1H3. The third-order valence-electron chi connectivity index (χ3n) is 3.92. The fourth-order valence-electron chi connectivity index (χ4n) is 2.46. The van der Waals surface area contributed by atoms with Crippen LogP contribution in [0.15, 0.2) is 58.8 Å². The Bertz CT molecular complexity index is 869. The second-order valence-corrected chi connectivity index (χ2v) is 6.60. The molecule has 2 heterocycles. The Morgan fingerprint density at radius 2 is 2.08 bits per heavy atom. The van der Waals surface area contributed by atoms with Gasteiger partial charge in [-0.05, 0) is 41.6 Å². The monoisotopic (exact) mass is 341 g/mol. The highest BCUT2D eigenvalue weighted by Gasteiger charge is 2.06. The summed E-state index contributed by atoms with van der Waals surface area (Å²) in [5.74, 6) is 0.828. The van der Waals surface area contributed by atoms with Crippen LogP contribution >= 0.6 is 11.3 Å². The highest BCUT2D eigenvalue weighted by Crippen LogP contribution is 2.20. The molecular weight excluding hydrogens is 322 g/mol. The van der Waals surface area contributed by atoms with Crippen molar-refractivity contribution in [2.75, 3.05) is 6.61 Å². The van der Waals surface area contributed by atoms with Crippen LogP contribution in [0.3, 0.4) is 0 Å². The maximum atomic E-state index is 12.3. The van der Waals surface area contributed by atoms with Gasteiger partial charge in [-0.2, -0.15) is 0 Å². The molecule has 1 N–H and O–H groups in total. The molecule has 0 saturated carbocycles. The molecule has 0 spiro atoms. The maximum absolute atomic E-state index is 12.3. The van der Waals surface area contributed by atoms with Gasteiger partial charge in [0.15, 0.2) is 0 Å². The molecule has 0 bridgehead atoms. The summed E-state index contributed by atoms with van der Waals surface area (Å²) in [7, 11) is 0. The van der Waals surface area contributed by atoms with E-state index in [2.05, 4.69) is 6.07 Å². The zero-order valence-electron chi connectivity index (χ0n) is 13.4. The number of benzene rings is 1. The number of hydrogen-bond acceptors (Lipinski definition) is 4. The van der Waals surface area contributed by atoms with Crippen LogP contribution in [0.1, 0.15) is 16.0 Å². The van der Waals surface area contributed by atoms with Crippen LogP contribution in [0.2, 0.25) is 0 Å². The Labute approximate surface area is 144 Å². The molecule has 3 aromatic rings. The van der Waals surface area contributed by atoms with Crippen LogP contribution in [0, 0.1) is 6.92 Å². The van der Waals surface area contributed by atoms with E-state index in [1.807, 2.05) is 24.4 Å². The van der Waals surface area contributed by atoms with Crippen molar-refractivity contribution in [2.45, 2.75) is 19.9 Å². The molecule has 0 fully saturated rings. The minimum atomic E-state index is -0.119. The van der Waals surface area contributed by atoms with Crippen LogP contribution < -0.4 is 10.3 Å². The smallest absolute Gasteiger partial charge is 0.254 e. The lowest BCUT2D eigenvalue weighted by Gasteiger charge is -2.11. The molecule has 0 radical (unpaired) electrons. The fraction of sp³-hybridized carbons (Fsp3) is 0.211. The predicted molar refractivity (Wildman–Crippen MR) is 96.2 cm³/mol. The zero-order valence-corrected chi connectivity index (χ0v) is 14.3. The van der Waals surface area contributed by atoms with Crippen molar-refractivity contribution in [3.05, 3.63) is 80.4 Å². The minimum Gasteiger partial charge on any atom is -0.508 e. The van der Waals surface area contributed by atoms with Gasteiger partial charge in [0.2, 0.25) is 0 Å². The Morgan fingerprint density at radius 3 is 2.83 bits per heavy atom. The number of thiophene rings is 1. The number of rotatable bonds is 6. The third kappa shape index (κ3) is 3.86. The van der Waals surface area contributed by atoms with E-state index in [9.17, 15) is 9.90 Å². The number of phenolic OH excluding ortho intramolecular Hbond substituents is 1. The largest absolute Gasteiger partial charge is 0.508 e. The minimum absolute atomic E-state index is 0.119. The summed E-state index contributed by atoms with van der Waals surface area (Å²) in [5, 5.41) is 11.8. The molecular formula is C19H19NO3S.